The largest absolute Gasteiger partial charge is 0.491 e. The van der Waals surface area contributed by atoms with Gasteiger partial charge in [-0.3, -0.25) is 4.99 Å². The number of aryl methyl sites for hydroxylation is 2. The Hall–Kier alpha value is -2.12. The van der Waals surface area contributed by atoms with Crippen LogP contribution < -0.4 is 15.4 Å². The maximum atomic E-state index is 5.56. The van der Waals surface area contributed by atoms with Crippen LogP contribution in [0.4, 0.5) is 0 Å². The molecule has 0 aliphatic rings. The Morgan fingerprint density at radius 2 is 1.84 bits per heavy atom. The second-order valence-electron chi connectivity index (χ2n) is 5.51. The predicted octanol–water partition coefficient (Wildman–Crippen LogP) is 2.65. The van der Waals surface area contributed by atoms with Gasteiger partial charge in [0.05, 0.1) is 23.9 Å². The molecule has 0 radical (unpaired) electrons. The van der Waals surface area contributed by atoms with E-state index in [-0.39, 0.29) is 0 Å². The Kier molecular flexibility index (Phi) is 7.69. The molecule has 0 saturated carbocycles. The van der Waals surface area contributed by atoms with E-state index in [1.54, 1.807) is 25.5 Å². The third kappa shape index (κ3) is 6.36. The van der Waals surface area contributed by atoms with Crippen molar-refractivity contribution in [3.8, 4) is 5.75 Å². The third-order valence-electron chi connectivity index (χ3n) is 3.58. The zero-order valence-electron chi connectivity index (χ0n) is 15.3. The number of benzene rings is 1. The summed E-state index contributed by atoms with van der Waals surface area (Å²) in [7, 11) is 3.43. The van der Waals surface area contributed by atoms with Crippen molar-refractivity contribution in [3.63, 3.8) is 0 Å². The third-order valence-corrected chi connectivity index (χ3v) is 4.65. The van der Waals surface area contributed by atoms with Crippen LogP contribution in [0.5, 0.6) is 5.75 Å². The number of guanidine groups is 1. The Labute approximate surface area is 153 Å². The first kappa shape index (κ1) is 19.2. The molecule has 2 rings (SSSR count). The Morgan fingerprint density at radius 1 is 1.12 bits per heavy atom. The molecule has 0 spiro atoms. The molecule has 0 saturated heterocycles. The molecular weight excluding hydrogens is 336 g/mol. The van der Waals surface area contributed by atoms with Gasteiger partial charge in [0, 0.05) is 25.6 Å². The van der Waals surface area contributed by atoms with Gasteiger partial charge in [0.2, 0.25) is 0 Å². The summed E-state index contributed by atoms with van der Waals surface area (Å²) in [4.78, 5) is 9.94. The van der Waals surface area contributed by atoms with Gasteiger partial charge in [-0.25, -0.2) is 4.98 Å². The van der Waals surface area contributed by atoms with Gasteiger partial charge in [0.25, 0.3) is 0 Å². The smallest absolute Gasteiger partial charge is 0.191 e. The second kappa shape index (κ2) is 10.0. The number of hydrogen-bond donors (Lipinski definition) is 2. The van der Waals surface area contributed by atoms with Crippen LogP contribution >= 0.6 is 11.3 Å². The van der Waals surface area contributed by atoms with Crippen LogP contribution in [0.3, 0.4) is 0 Å². The first-order valence-corrected chi connectivity index (χ1v) is 9.02. The zero-order chi connectivity index (χ0) is 18.1. The number of rotatable bonds is 8. The lowest BCUT2D eigenvalue weighted by Gasteiger charge is -2.12. The van der Waals surface area contributed by atoms with Gasteiger partial charge in [-0.05, 0) is 31.5 Å². The normalized spacial score (nSPS) is 11.4. The monoisotopic (exact) mass is 362 g/mol. The molecule has 2 N–H and O–H groups in total. The van der Waals surface area contributed by atoms with Gasteiger partial charge in [-0.1, -0.05) is 12.1 Å². The number of hydrogen-bond acceptors (Lipinski definition) is 5. The fraction of sp³-hybridized carbons (Fsp3) is 0.444. The molecule has 2 aromatic rings. The molecule has 0 bridgehead atoms. The molecule has 0 aliphatic heterocycles. The molecule has 0 fully saturated rings. The standard InChI is InChI=1S/C18H26N4O2S/c1-13-17(25-14(2)22-13)12-21-18(19-3)20-11-15-5-7-16(8-6-15)24-10-9-23-4/h5-8H,9-12H2,1-4H3,(H2,19,20,21). The van der Waals surface area contributed by atoms with E-state index >= 15 is 0 Å². The van der Waals surface area contributed by atoms with Crippen LogP contribution in [0.25, 0.3) is 0 Å². The molecule has 6 nitrogen and oxygen atoms in total. The minimum absolute atomic E-state index is 0.557. The van der Waals surface area contributed by atoms with E-state index in [2.05, 4.69) is 20.6 Å². The fourth-order valence-electron chi connectivity index (χ4n) is 2.25. The van der Waals surface area contributed by atoms with Crippen LogP contribution in [0.2, 0.25) is 0 Å². The molecule has 0 aliphatic carbocycles. The van der Waals surface area contributed by atoms with Crippen molar-refractivity contribution in [2.45, 2.75) is 26.9 Å². The number of thiazole rings is 1. The molecule has 1 aromatic carbocycles. The minimum atomic E-state index is 0.557. The fourth-order valence-corrected chi connectivity index (χ4v) is 3.13. The van der Waals surface area contributed by atoms with E-state index in [0.717, 1.165) is 34.5 Å². The SMILES string of the molecule is CN=C(NCc1ccc(OCCOC)cc1)NCc1sc(C)nc1C. The minimum Gasteiger partial charge on any atom is -0.491 e. The highest BCUT2D eigenvalue weighted by Crippen LogP contribution is 2.16. The van der Waals surface area contributed by atoms with Crippen LogP contribution in [-0.2, 0) is 17.8 Å². The number of methoxy groups -OCH3 is 1. The van der Waals surface area contributed by atoms with E-state index in [0.29, 0.717) is 19.8 Å². The van der Waals surface area contributed by atoms with Crippen LogP contribution in [0.1, 0.15) is 21.1 Å². The average Bonchev–Trinajstić information content (AvgIpc) is 2.94. The van der Waals surface area contributed by atoms with Crippen LogP contribution in [0.15, 0.2) is 29.3 Å². The lowest BCUT2D eigenvalue weighted by molar-refractivity contribution is 0.146. The number of ether oxygens (including phenoxy) is 2. The van der Waals surface area contributed by atoms with E-state index in [9.17, 15) is 0 Å². The van der Waals surface area contributed by atoms with E-state index in [1.165, 1.54) is 4.88 Å². The highest BCUT2D eigenvalue weighted by molar-refractivity contribution is 7.11. The van der Waals surface area contributed by atoms with Gasteiger partial charge >= 0.3 is 0 Å². The summed E-state index contributed by atoms with van der Waals surface area (Å²) in [6.07, 6.45) is 0. The van der Waals surface area contributed by atoms with E-state index < -0.39 is 0 Å². The molecule has 0 amide bonds. The molecular formula is C18H26N4O2S. The lowest BCUT2D eigenvalue weighted by Crippen LogP contribution is -2.36. The molecule has 136 valence electrons. The zero-order valence-corrected chi connectivity index (χ0v) is 16.1. The van der Waals surface area contributed by atoms with Crippen molar-refractivity contribution in [2.75, 3.05) is 27.4 Å². The number of aromatic nitrogens is 1. The molecule has 0 atom stereocenters. The number of nitrogens with zero attached hydrogens (tertiary/aromatic N) is 2. The first-order chi connectivity index (χ1) is 12.1. The summed E-state index contributed by atoms with van der Waals surface area (Å²) in [6, 6.07) is 8.01. The summed E-state index contributed by atoms with van der Waals surface area (Å²) < 4.78 is 10.5. The van der Waals surface area contributed by atoms with Gasteiger partial charge in [0.15, 0.2) is 5.96 Å². The van der Waals surface area contributed by atoms with Crippen molar-refractivity contribution in [2.24, 2.45) is 4.99 Å². The van der Waals surface area contributed by atoms with Gasteiger partial charge < -0.3 is 20.1 Å². The molecule has 0 unspecified atom stereocenters. The van der Waals surface area contributed by atoms with Crippen molar-refractivity contribution in [3.05, 3.63) is 45.4 Å². The molecule has 1 aromatic heterocycles. The van der Waals surface area contributed by atoms with Crippen LogP contribution in [-0.4, -0.2) is 38.3 Å². The summed E-state index contributed by atoms with van der Waals surface area (Å²) in [5, 5.41) is 7.73. The van der Waals surface area contributed by atoms with Crippen molar-refractivity contribution in [1.29, 1.82) is 0 Å². The predicted molar refractivity (Wildman–Crippen MR) is 102 cm³/mol. The van der Waals surface area contributed by atoms with E-state index in [4.69, 9.17) is 9.47 Å². The summed E-state index contributed by atoms with van der Waals surface area (Å²) in [5.74, 6) is 1.62. The highest BCUT2D eigenvalue weighted by atomic mass is 32.1. The van der Waals surface area contributed by atoms with Crippen molar-refractivity contribution < 1.29 is 9.47 Å². The highest BCUT2D eigenvalue weighted by Gasteiger charge is 2.06. The van der Waals surface area contributed by atoms with Gasteiger partial charge in [-0.15, -0.1) is 11.3 Å². The summed E-state index contributed by atoms with van der Waals surface area (Å²) >= 11 is 1.71. The summed E-state index contributed by atoms with van der Waals surface area (Å²) in [6.45, 7) is 6.62. The topological polar surface area (TPSA) is 67.8 Å². The maximum absolute atomic E-state index is 5.56. The molecule has 25 heavy (non-hydrogen) atoms. The number of aliphatic imine (C=N–C) groups is 1. The van der Waals surface area contributed by atoms with Gasteiger partial charge in [0.1, 0.15) is 12.4 Å². The molecule has 1 heterocycles. The van der Waals surface area contributed by atoms with Crippen molar-refractivity contribution >= 4 is 17.3 Å². The van der Waals surface area contributed by atoms with E-state index in [1.807, 2.05) is 38.1 Å². The quantitative estimate of drug-likeness (QED) is 0.429. The average molecular weight is 362 g/mol. The lowest BCUT2D eigenvalue weighted by atomic mass is 10.2. The second-order valence-corrected chi connectivity index (χ2v) is 6.79. The first-order valence-electron chi connectivity index (χ1n) is 8.20. The maximum Gasteiger partial charge on any atom is 0.191 e. The Morgan fingerprint density at radius 3 is 2.44 bits per heavy atom. The Balaban J connectivity index is 1.79. The number of nitrogens with one attached hydrogen (secondary N) is 2. The van der Waals surface area contributed by atoms with Crippen LogP contribution in [0, 0.1) is 13.8 Å². The Bertz CT molecular complexity index is 683. The summed E-state index contributed by atoms with van der Waals surface area (Å²) in [5.41, 5.74) is 2.24. The van der Waals surface area contributed by atoms with Gasteiger partial charge in [-0.2, -0.15) is 0 Å². The molecule has 7 heteroatoms. The van der Waals surface area contributed by atoms with Crippen molar-refractivity contribution in [1.82, 2.24) is 15.6 Å².